The van der Waals surface area contributed by atoms with Gasteiger partial charge in [-0.2, -0.15) is 4.39 Å². The van der Waals surface area contributed by atoms with Gasteiger partial charge in [-0.05, 0) is 6.07 Å². The molecule has 1 aromatic heterocycles. The van der Waals surface area contributed by atoms with Crippen molar-refractivity contribution < 1.29 is 41.9 Å². The first-order chi connectivity index (χ1) is 14.1. The second-order valence-electron chi connectivity index (χ2n) is 6.57. The van der Waals surface area contributed by atoms with Crippen LogP contribution in [0.1, 0.15) is 11.8 Å². The quantitative estimate of drug-likeness (QED) is 0.563. The Balaban J connectivity index is 1.52. The molecule has 1 unspecified atom stereocenters. The molecule has 0 radical (unpaired) electrons. The summed E-state index contributed by atoms with van der Waals surface area (Å²) >= 11 is 0. The lowest BCUT2D eigenvalue weighted by Gasteiger charge is -2.28. The molecule has 162 valence electrons. The van der Waals surface area contributed by atoms with Crippen LogP contribution in [0.4, 0.5) is 8.78 Å². The van der Waals surface area contributed by atoms with E-state index in [9.17, 15) is 28.8 Å². The minimum absolute atomic E-state index is 0.145. The summed E-state index contributed by atoms with van der Waals surface area (Å²) < 4.78 is 61.6. The van der Waals surface area contributed by atoms with Crippen LogP contribution < -0.4 is 15.8 Å². The molecule has 3 N–H and O–H groups in total. The Morgan fingerprint density at radius 1 is 1.33 bits per heavy atom. The third-order valence-electron chi connectivity index (χ3n) is 4.55. The van der Waals surface area contributed by atoms with Crippen molar-refractivity contribution in [1.82, 2.24) is 9.55 Å². The molecule has 5 atom stereocenters. The zero-order valence-corrected chi connectivity index (χ0v) is 15.8. The van der Waals surface area contributed by atoms with Crippen molar-refractivity contribution in [3.8, 4) is 5.75 Å². The maximum absolute atomic E-state index is 15.2. The van der Waals surface area contributed by atoms with Crippen LogP contribution in [0.5, 0.6) is 5.75 Å². The molecule has 3 heterocycles. The van der Waals surface area contributed by atoms with Crippen LogP contribution in [0.25, 0.3) is 0 Å². The van der Waals surface area contributed by atoms with E-state index in [1.807, 2.05) is 0 Å². The molecule has 2 aliphatic heterocycles. The van der Waals surface area contributed by atoms with Gasteiger partial charge in [0.25, 0.3) is 11.4 Å². The second-order valence-corrected chi connectivity index (χ2v) is 8.16. The van der Waals surface area contributed by atoms with E-state index in [1.165, 1.54) is 6.07 Å². The molecule has 1 saturated heterocycles. The Morgan fingerprint density at radius 3 is 2.83 bits per heavy atom. The monoisotopic (exact) mass is 448 g/mol. The molecule has 4 rings (SSSR count). The molecule has 0 amide bonds. The van der Waals surface area contributed by atoms with Gasteiger partial charge in [0.2, 0.25) is 5.82 Å². The third-order valence-corrected chi connectivity index (χ3v) is 5.86. The number of aromatic nitrogens is 2. The molecule has 1 fully saturated rings. The van der Waals surface area contributed by atoms with Gasteiger partial charge in [-0.3, -0.25) is 23.4 Å². The number of phosphoric acid groups is 1. The molecule has 2 aliphatic rings. The summed E-state index contributed by atoms with van der Waals surface area (Å²) in [6.45, 7) is -1.37. The fourth-order valence-electron chi connectivity index (χ4n) is 2.98. The summed E-state index contributed by atoms with van der Waals surface area (Å²) in [4.78, 5) is 24.6. The number of fused-ring (bicyclic) bond motifs is 1. The summed E-state index contributed by atoms with van der Waals surface area (Å²) in [5, 5.41) is 20.1. The number of benzene rings is 1. The Kier molecular flexibility index (Phi) is 5.12. The first-order valence-electron chi connectivity index (χ1n) is 8.52. The standard InChI is InChI=1S/C16H15F2N2O9P/c17-9-5-20(15(24)19-13(9)23)14-11(21)12(22)16(18,28-14)7-27-30(25)26-6-8-3-1-2-4-10(8)29-30/h1-5,11-12,14,21-22H,6-7H2,(H,19,23,24)/t11-,12+,14-,16-,30?/m1/s1. The van der Waals surface area contributed by atoms with Gasteiger partial charge < -0.3 is 19.5 Å². The SMILES string of the molecule is O=c1[nH]c(=O)n([C@@H]2O[C@](F)(COP3(=O)OCc4ccccc4O3)[C@@H](O)[C@H]2O)cc1F. The fourth-order valence-corrected chi connectivity index (χ4v) is 4.21. The van der Waals surface area contributed by atoms with Crippen LogP contribution in [0, 0.1) is 5.82 Å². The highest BCUT2D eigenvalue weighted by Crippen LogP contribution is 2.55. The van der Waals surface area contributed by atoms with E-state index in [1.54, 1.807) is 23.2 Å². The Labute approximate surface area is 166 Å². The number of nitrogens with zero attached hydrogens (tertiary/aromatic N) is 1. The molecule has 14 heteroatoms. The topological polar surface area (TPSA) is 149 Å². The van der Waals surface area contributed by atoms with Crippen LogP contribution in [0.2, 0.25) is 0 Å². The van der Waals surface area contributed by atoms with E-state index in [2.05, 4.69) is 0 Å². The molecule has 0 aliphatic carbocycles. The average Bonchev–Trinajstić information content (AvgIpc) is 2.94. The lowest BCUT2D eigenvalue weighted by atomic mass is 10.1. The van der Waals surface area contributed by atoms with Gasteiger partial charge in [0, 0.05) is 5.56 Å². The van der Waals surface area contributed by atoms with Gasteiger partial charge in [0.15, 0.2) is 6.23 Å². The predicted octanol–water partition coefficient (Wildman–Crippen LogP) is 0.326. The summed E-state index contributed by atoms with van der Waals surface area (Å²) in [6.07, 6.45) is -5.87. The molecule has 0 spiro atoms. The minimum atomic E-state index is -4.29. The average molecular weight is 448 g/mol. The van der Waals surface area contributed by atoms with Gasteiger partial charge in [-0.25, -0.2) is 13.8 Å². The molecule has 0 bridgehead atoms. The molecule has 1 aromatic carbocycles. The molecular formula is C16H15F2N2O9P. The van der Waals surface area contributed by atoms with Gasteiger partial charge in [0.1, 0.15) is 24.6 Å². The van der Waals surface area contributed by atoms with E-state index in [0.29, 0.717) is 16.3 Å². The van der Waals surface area contributed by atoms with E-state index < -0.39 is 55.8 Å². The summed E-state index contributed by atoms with van der Waals surface area (Å²) in [6, 6.07) is 6.46. The van der Waals surface area contributed by atoms with Crippen molar-refractivity contribution in [3.05, 3.63) is 62.7 Å². The number of rotatable bonds is 4. The van der Waals surface area contributed by atoms with Crippen molar-refractivity contribution in [2.24, 2.45) is 0 Å². The smallest absolute Gasteiger partial charge is 0.404 e. The number of aliphatic hydroxyl groups excluding tert-OH is 2. The zero-order valence-electron chi connectivity index (χ0n) is 14.9. The van der Waals surface area contributed by atoms with Crippen LogP contribution >= 0.6 is 7.82 Å². The number of H-pyrrole nitrogens is 1. The zero-order chi connectivity index (χ0) is 21.7. The number of nitrogens with one attached hydrogen (secondary N) is 1. The van der Waals surface area contributed by atoms with Crippen LogP contribution in [-0.4, -0.2) is 44.4 Å². The van der Waals surface area contributed by atoms with Crippen LogP contribution in [0.15, 0.2) is 40.1 Å². The lowest BCUT2D eigenvalue weighted by Crippen LogP contribution is -2.43. The van der Waals surface area contributed by atoms with E-state index in [0.717, 1.165) is 0 Å². The fraction of sp³-hybridized carbons (Fsp3) is 0.375. The molecule has 30 heavy (non-hydrogen) atoms. The highest BCUT2D eigenvalue weighted by Gasteiger charge is 2.57. The number of halogens is 2. The highest BCUT2D eigenvalue weighted by atomic mass is 31.2. The summed E-state index contributed by atoms with van der Waals surface area (Å²) in [7, 11) is -4.29. The summed E-state index contributed by atoms with van der Waals surface area (Å²) in [5.74, 6) is -4.38. The predicted molar refractivity (Wildman–Crippen MR) is 92.7 cm³/mol. The molecule has 11 nitrogen and oxygen atoms in total. The largest absolute Gasteiger partial charge is 0.530 e. The van der Waals surface area contributed by atoms with E-state index >= 15 is 4.39 Å². The number of hydrogen-bond donors (Lipinski definition) is 3. The lowest BCUT2D eigenvalue weighted by molar-refractivity contribution is -0.205. The third kappa shape index (κ3) is 3.60. The Hall–Kier alpha value is -2.41. The normalized spacial score (nSPS) is 33.1. The number of alkyl halides is 1. The second kappa shape index (κ2) is 7.38. The molecule has 2 aromatic rings. The summed E-state index contributed by atoms with van der Waals surface area (Å²) in [5.41, 5.74) is -1.97. The van der Waals surface area contributed by atoms with E-state index in [4.69, 9.17) is 18.3 Å². The van der Waals surface area contributed by atoms with Gasteiger partial charge in [-0.15, -0.1) is 0 Å². The highest BCUT2D eigenvalue weighted by molar-refractivity contribution is 7.49. The Bertz CT molecular complexity index is 1140. The maximum atomic E-state index is 15.2. The van der Waals surface area contributed by atoms with Gasteiger partial charge >= 0.3 is 13.5 Å². The first kappa shape index (κ1) is 20.8. The first-order valence-corrected chi connectivity index (χ1v) is 9.98. The number of hydrogen-bond acceptors (Lipinski definition) is 9. The number of aliphatic hydroxyl groups is 2. The van der Waals surface area contributed by atoms with Crippen molar-refractivity contribution in [2.45, 2.75) is 30.9 Å². The van der Waals surface area contributed by atoms with Crippen molar-refractivity contribution in [1.29, 1.82) is 0 Å². The number of para-hydroxylation sites is 1. The van der Waals surface area contributed by atoms with Crippen LogP contribution in [0.3, 0.4) is 0 Å². The maximum Gasteiger partial charge on any atom is 0.530 e. The van der Waals surface area contributed by atoms with Crippen molar-refractivity contribution >= 4 is 7.82 Å². The van der Waals surface area contributed by atoms with Gasteiger partial charge in [-0.1, -0.05) is 18.2 Å². The van der Waals surface area contributed by atoms with Crippen molar-refractivity contribution in [3.63, 3.8) is 0 Å². The number of aromatic amines is 1. The van der Waals surface area contributed by atoms with E-state index in [-0.39, 0.29) is 12.4 Å². The number of phosphoric ester groups is 1. The molecule has 0 saturated carbocycles. The number of ether oxygens (including phenoxy) is 1. The minimum Gasteiger partial charge on any atom is -0.404 e. The Morgan fingerprint density at radius 2 is 2.07 bits per heavy atom. The van der Waals surface area contributed by atoms with Crippen molar-refractivity contribution in [2.75, 3.05) is 6.61 Å². The molecular weight excluding hydrogens is 433 g/mol. The van der Waals surface area contributed by atoms with Crippen LogP contribution in [-0.2, 0) is 25.0 Å². The van der Waals surface area contributed by atoms with Gasteiger partial charge in [0.05, 0.1) is 12.8 Å².